The minimum atomic E-state index is -0.325. The van der Waals surface area contributed by atoms with E-state index < -0.39 is 0 Å². The van der Waals surface area contributed by atoms with Crippen LogP contribution < -0.4 is 0 Å². The highest BCUT2D eigenvalue weighted by Gasteiger charge is 2.16. The minimum absolute atomic E-state index is 0.0389. The number of rotatable bonds is 8. The molecule has 5 heteroatoms. The Hall–Kier alpha value is -1.39. The molecule has 0 aliphatic heterocycles. The van der Waals surface area contributed by atoms with Gasteiger partial charge in [0.15, 0.2) is 0 Å². The van der Waals surface area contributed by atoms with Gasteiger partial charge in [0, 0.05) is 19.3 Å². The number of ketones is 1. The first-order chi connectivity index (χ1) is 7.99. The van der Waals surface area contributed by atoms with Gasteiger partial charge in [0.2, 0.25) is 0 Å². The Bertz CT molecular complexity index is 272. The SMILES string of the molecule is COC(=O)CCCC(CC(C)=O)CC(=O)OC. The van der Waals surface area contributed by atoms with Crippen LogP contribution in [0, 0.1) is 5.92 Å². The van der Waals surface area contributed by atoms with Crippen LogP contribution in [0.5, 0.6) is 0 Å². The van der Waals surface area contributed by atoms with Crippen molar-refractivity contribution in [3.63, 3.8) is 0 Å². The Morgan fingerprint density at radius 2 is 1.59 bits per heavy atom. The van der Waals surface area contributed by atoms with Crippen LogP contribution in [-0.2, 0) is 23.9 Å². The quantitative estimate of drug-likeness (QED) is 0.605. The van der Waals surface area contributed by atoms with Crippen LogP contribution in [0.25, 0.3) is 0 Å². The molecule has 5 nitrogen and oxygen atoms in total. The zero-order valence-corrected chi connectivity index (χ0v) is 10.7. The molecule has 0 saturated carbocycles. The van der Waals surface area contributed by atoms with Gasteiger partial charge in [-0.3, -0.25) is 9.59 Å². The topological polar surface area (TPSA) is 69.7 Å². The second-order valence-electron chi connectivity index (χ2n) is 4.02. The van der Waals surface area contributed by atoms with Gasteiger partial charge in [-0.1, -0.05) is 0 Å². The molecule has 0 heterocycles. The number of carbonyl (C=O) groups is 3. The highest BCUT2D eigenvalue weighted by molar-refractivity contribution is 5.77. The monoisotopic (exact) mass is 244 g/mol. The fourth-order valence-electron chi connectivity index (χ4n) is 1.64. The number of hydrogen-bond acceptors (Lipinski definition) is 5. The van der Waals surface area contributed by atoms with Gasteiger partial charge in [-0.05, 0) is 25.7 Å². The van der Waals surface area contributed by atoms with Crippen molar-refractivity contribution >= 4 is 17.7 Å². The molecule has 0 aromatic rings. The van der Waals surface area contributed by atoms with Gasteiger partial charge < -0.3 is 14.3 Å². The molecule has 0 N–H and O–H groups in total. The molecule has 0 radical (unpaired) electrons. The predicted octanol–water partition coefficient (Wildman–Crippen LogP) is 1.49. The van der Waals surface area contributed by atoms with Crippen molar-refractivity contribution in [2.45, 2.75) is 39.0 Å². The van der Waals surface area contributed by atoms with Crippen molar-refractivity contribution in [3.05, 3.63) is 0 Å². The number of methoxy groups -OCH3 is 2. The van der Waals surface area contributed by atoms with E-state index in [0.29, 0.717) is 25.7 Å². The van der Waals surface area contributed by atoms with E-state index >= 15 is 0 Å². The Balaban J connectivity index is 4.05. The molecule has 0 spiro atoms. The fourth-order valence-corrected chi connectivity index (χ4v) is 1.64. The first kappa shape index (κ1) is 15.6. The molecule has 0 saturated heterocycles. The summed E-state index contributed by atoms with van der Waals surface area (Å²) in [5.41, 5.74) is 0. The highest BCUT2D eigenvalue weighted by Crippen LogP contribution is 2.18. The maximum Gasteiger partial charge on any atom is 0.305 e. The van der Waals surface area contributed by atoms with Crippen LogP contribution in [-0.4, -0.2) is 31.9 Å². The van der Waals surface area contributed by atoms with Gasteiger partial charge >= 0.3 is 11.9 Å². The fraction of sp³-hybridized carbons (Fsp3) is 0.750. The summed E-state index contributed by atoms with van der Waals surface area (Å²) in [7, 11) is 2.66. The molecule has 0 bridgehead atoms. The summed E-state index contributed by atoms with van der Waals surface area (Å²) >= 11 is 0. The van der Waals surface area contributed by atoms with Crippen LogP contribution in [0.4, 0.5) is 0 Å². The van der Waals surface area contributed by atoms with E-state index in [1.54, 1.807) is 0 Å². The van der Waals surface area contributed by atoms with Gasteiger partial charge in [-0.15, -0.1) is 0 Å². The largest absolute Gasteiger partial charge is 0.469 e. The molecular weight excluding hydrogens is 224 g/mol. The lowest BCUT2D eigenvalue weighted by molar-refractivity contribution is -0.141. The molecule has 0 aliphatic carbocycles. The predicted molar refractivity (Wildman–Crippen MR) is 61.3 cm³/mol. The molecule has 0 rings (SSSR count). The Labute approximate surface area is 101 Å². The van der Waals surface area contributed by atoms with Crippen molar-refractivity contribution in [2.24, 2.45) is 5.92 Å². The molecule has 0 amide bonds. The molecule has 0 aromatic carbocycles. The molecule has 1 unspecified atom stereocenters. The van der Waals surface area contributed by atoms with E-state index in [-0.39, 0.29) is 30.1 Å². The second kappa shape index (κ2) is 8.73. The van der Waals surface area contributed by atoms with Gasteiger partial charge in [-0.2, -0.15) is 0 Å². The van der Waals surface area contributed by atoms with Crippen molar-refractivity contribution in [1.29, 1.82) is 0 Å². The number of ether oxygens (including phenoxy) is 2. The Morgan fingerprint density at radius 3 is 2.06 bits per heavy atom. The van der Waals surface area contributed by atoms with Crippen LogP contribution in [0.3, 0.4) is 0 Å². The molecule has 17 heavy (non-hydrogen) atoms. The summed E-state index contributed by atoms with van der Waals surface area (Å²) in [5.74, 6) is -0.611. The van der Waals surface area contributed by atoms with Crippen molar-refractivity contribution in [2.75, 3.05) is 14.2 Å². The number of esters is 2. The average Bonchev–Trinajstić information content (AvgIpc) is 2.27. The van der Waals surface area contributed by atoms with E-state index in [9.17, 15) is 14.4 Å². The zero-order valence-electron chi connectivity index (χ0n) is 10.7. The molecule has 1 atom stereocenters. The number of Topliss-reactive ketones (excluding diaryl/α,β-unsaturated/α-hetero) is 1. The summed E-state index contributed by atoms with van der Waals surface area (Å²) in [5, 5.41) is 0. The minimum Gasteiger partial charge on any atom is -0.469 e. The lowest BCUT2D eigenvalue weighted by Crippen LogP contribution is -2.13. The van der Waals surface area contributed by atoms with Crippen molar-refractivity contribution in [3.8, 4) is 0 Å². The van der Waals surface area contributed by atoms with Crippen LogP contribution >= 0.6 is 0 Å². The number of carbonyl (C=O) groups excluding carboxylic acids is 3. The maximum atomic E-state index is 11.1. The van der Waals surface area contributed by atoms with Gasteiger partial charge in [0.1, 0.15) is 5.78 Å². The van der Waals surface area contributed by atoms with Crippen molar-refractivity contribution < 1.29 is 23.9 Å². The molecular formula is C12H20O5. The molecule has 0 fully saturated rings. The van der Waals surface area contributed by atoms with Gasteiger partial charge in [-0.25, -0.2) is 0 Å². The zero-order chi connectivity index (χ0) is 13.3. The van der Waals surface area contributed by atoms with Crippen molar-refractivity contribution in [1.82, 2.24) is 0 Å². The van der Waals surface area contributed by atoms with E-state index in [2.05, 4.69) is 9.47 Å². The Morgan fingerprint density at radius 1 is 1.00 bits per heavy atom. The third kappa shape index (κ3) is 8.42. The van der Waals surface area contributed by atoms with E-state index in [4.69, 9.17) is 0 Å². The van der Waals surface area contributed by atoms with Gasteiger partial charge in [0.25, 0.3) is 0 Å². The lowest BCUT2D eigenvalue weighted by Gasteiger charge is -2.13. The molecule has 98 valence electrons. The van der Waals surface area contributed by atoms with Crippen LogP contribution in [0.15, 0.2) is 0 Å². The van der Waals surface area contributed by atoms with Crippen LogP contribution in [0.1, 0.15) is 39.0 Å². The first-order valence-electron chi connectivity index (χ1n) is 5.62. The van der Waals surface area contributed by atoms with E-state index in [0.717, 1.165) is 0 Å². The Kier molecular flexibility index (Phi) is 8.01. The number of hydrogen-bond donors (Lipinski definition) is 0. The standard InChI is InChI=1S/C12H20O5/c1-9(13)7-10(8-12(15)17-3)5-4-6-11(14)16-2/h10H,4-8H2,1-3H3. The third-order valence-corrected chi connectivity index (χ3v) is 2.48. The molecule has 0 aromatic heterocycles. The smallest absolute Gasteiger partial charge is 0.305 e. The average molecular weight is 244 g/mol. The van der Waals surface area contributed by atoms with Gasteiger partial charge in [0.05, 0.1) is 14.2 Å². The molecule has 0 aliphatic rings. The normalized spacial score (nSPS) is 11.7. The summed E-state index contributed by atoms with van der Waals surface area (Å²) < 4.78 is 9.09. The summed E-state index contributed by atoms with van der Waals surface area (Å²) in [4.78, 5) is 33.1. The van der Waals surface area contributed by atoms with Crippen LogP contribution in [0.2, 0.25) is 0 Å². The first-order valence-corrected chi connectivity index (χ1v) is 5.62. The van der Waals surface area contributed by atoms with E-state index in [1.807, 2.05) is 0 Å². The maximum absolute atomic E-state index is 11.1. The highest BCUT2D eigenvalue weighted by atomic mass is 16.5. The third-order valence-electron chi connectivity index (χ3n) is 2.48. The summed E-state index contributed by atoms with van der Waals surface area (Å²) in [6, 6.07) is 0. The second-order valence-corrected chi connectivity index (χ2v) is 4.02. The summed E-state index contributed by atoms with van der Waals surface area (Å²) in [6.07, 6.45) is 2.13. The lowest BCUT2D eigenvalue weighted by atomic mass is 9.93. The summed E-state index contributed by atoms with van der Waals surface area (Å²) in [6.45, 7) is 1.49. The van der Waals surface area contributed by atoms with E-state index in [1.165, 1.54) is 21.1 Å².